The number of piperazine rings is 1. The standard InChI is InChI=1S/C23H32N2O6S2/c1-15-10-17(3)22(12-20(15)30-6)32(26,27)24-8-9-25(19(5)14-24)33(28,29)23-13-21(31-7)16(2)11-18(23)4/h10-13,19H,8-9,14H2,1-7H3/t19-/m1/s1. The number of methoxy groups -OCH3 is 2. The maximum Gasteiger partial charge on any atom is 0.243 e. The van der Waals surface area contributed by atoms with E-state index in [2.05, 4.69) is 0 Å². The van der Waals surface area contributed by atoms with Crippen LogP contribution in [0.25, 0.3) is 0 Å². The van der Waals surface area contributed by atoms with Crippen LogP contribution in [-0.2, 0) is 20.0 Å². The Balaban J connectivity index is 1.91. The zero-order valence-corrected chi connectivity index (χ0v) is 21.8. The maximum absolute atomic E-state index is 13.5. The van der Waals surface area contributed by atoms with Crippen molar-refractivity contribution in [3.8, 4) is 11.5 Å². The predicted molar refractivity (Wildman–Crippen MR) is 127 cm³/mol. The Bertz CT molecular complexity index is 1270. The lowest BCUT2D eigenvalue weighted by atomic mass is 10.1. The summed E-state index contributed by atoms with van der Waals surface area (Å²) in [5.41, 5.74) is 2.94. The molecule has 0 N–H and O–H groups in total. The molecule has 0 bridgehead atoms. The largest absolute Gasteiger partial charge is 0.496 e. The summed E-state index contributed by atoms with van der Waals surface area (Å²) in [6, 6.07) is 6.10. The zero-order chi connectivity index (χ0) is 24.7. The topological polar surface area (TPSA) is 93.2 Å². The molecule has 1 atom stereocenters. The fourth-order valence-corrected chi connectivity index (χ4v) is 7.94. The number of aryl methyl sites for hydroxylation is 4. The number of ether oxygens (including phenoxy) is 2. The van der Waals surface area contributed by atoms with Crippen LogP contribution in [0, 0.1) is 27.7 Å². The monoisotopic (exact) mass is 496 g/mol. The van der Waals surface area contributed by atoms with Crippen molar-refractivity contribution < 1.29 is 26.3 Å². The fraction of sp³-hybridized carbons (Fsp3) is 0.478. The summed E-state index contributed by atoms with van der Waals surface area (Å²) in [4.78, 5) is 0.347. The van der Waals surface area contributed by atoms with Crippen molar-refractivity contribution in [2.45, 2.75) is 50.5 Å². The summed E-state index contributed by atoms with van der Waals surface area (Å²) in [5.74, 6) is 0.995. The number of sulfonamides is 2. The number of benzene rings is 2. The van der Waals surface area contributed by atoms with Gasteiger partial charge >= 0.3 is 0 Å². The molecular formula is C23H32N2O6S2. The second kappa shape index (κ2) is 9.25. The summed E-state index contributed by atoms with van der Waals surface area (Å²) in [6.45, 7) is 9.10. The first-order chi connectivity index (χ1) is 15.3. The third-order valence-electron chi connectivity index (χ3n) is 6.12. The molecule has 0 spiro atoms. The molecule has 33 heavy (non-hydrogen) atoms. The van der Waals surface area contributed by atoms with Crippen LogP contribution in [0.3, 0.4) is 0 Å². The molecule has 0 aromatic heterocycles. The van der Waals surface area contributed by atoms with Gasteiger partial charge in [0.25, 0.3) is 0 Å². The summed E-state index contributed by atoms with van der Waals surface area (Å²) in [6.07, 6.45) is 0. The van der Waals surface area contributed by atoms with Gasteiger partial charge in [0.2, 0.25) is 20.0 Å². The van der Waals surface area contributed by atoms with Crippen molar-refractivity contribution in [3.05, 3.63) is 46.5 Å². The van der Waals surface area contributed by atoms with Gasteiger partial charge in [-0.2, -0.15) is 8.61 Å². The first-order valence-corrected chi connectivity index (χ1v) is 13.5. The summed E-state index contributed by atoms with van der Waals surface area (Å²) < 4.78 is 67.2. The Hall–Kier alpha value is -2.14. The lowest BCUT2D eigenvalue weighted by Crippen LogP contribution is -2.55. The molecule has 1 heterocycles. The van der Waals surface area contributed by atoms with Crippen LogP contribution in [0.1, 0.15) is 29.2 Å². The molecule has 0 aliphatic carbocycles. The van der Waals surface area contributed by atoms with E-state index < -0.39 is 26.1 Å². The lowest BCUT2D eigenvalue weighted by Gasteiger charge is -2.38. The molecule has 2 aromatic rings. The molecule has 0 radical (unpaired) electrons. The average Bonchev–Trinajstić information content (AvgIpc) is 2.73. The van der Waals surface area contributed by atoms with Crippen molar-refractivity contribution >= 4 is 20.0 Å². The van der Waals surface area contributed by atoms with Crippen molar-refractivity contribution in [1.29, 1.82) is 0 Å². The molecule has 1 aliphatic rings. The highest BCUT2D eigenvalue weighted by molar-refractivity contribution is 7.89. The van der Waals surface area contributed by atoms with Gasteiger partial charge in [-0.15, -0.1) is 0 Å². The first-order valence-electron chi connectivity index (χ1n) is 10.7. The van der Waals surface area contributed by atoms with Crippen LogP contribution in [0.15, 0.2) is 34.1 Å². The van der Waals surface area contributed by atoms with Gasteiger partial charge in [-0.1, -0.05) is 12.1 Å². The van der Waals surface area contributed by atoms with E-state index in [1.54, 1.807) is 32.9 Å². The highest BCUT2D eigenvalue weighted by atomic mass is 32.2. The Morgan fingerprint density at radius 1 is 0.727 bits per heavy atom. The van der Waals surface area contributed by atoms with E-state index in [1.165, 1.54) is 35.0 Å². The van der Waals surface area contributed by atoms with Gasteiger partial charge in [0, 0.05) is 37.8 Å². The smallest absolute Gasteiger partial charge is 0.243 e. The summed E-state index contributed by atoms with van der Waals surface area (Å²) in [5, 5.41) is 0. The van der Waals surface area contributed by atoms with E-state index in [1.807, 2.05) is 13.8 Å². The van der Waals surface area contributed by atoms with E-state index in [0.717, 1.165) is 11.1 Å². The Morgan fingerprint density at radius 3 is 1.61 bits per heavy atom. The molecule has 3 rings (SSSR count). The van der Waals surface area contributed by atoms with Crippen molar-refractivity contribution in [1.82, 2.24) is 8.61 Å². The van der Waals surface area contributed by atoms with Gasteiger partial charge in [-0.05, 0) is 56.9 Å². The van der Waals surface area contributed by atoms with Crippen LogP contribution in [0.4, 0.5) is 0 Å². The van der Waals surface area contributed by atoms with Gasteiger partial charge in [0.05, 0.1) is 24.0 Å². The molecule has 0 amide bonds. The molecule has 8 nitrogen and oxygen atoms in total. The number of nitrogens with zero attached hydrogens (tertiary/aromatic N) is 2. The van der Waals surface area contributed by atoms with Crippen LogP contribution in [0.2, 0.25) is 0 Å². The van der Waals surface area contributed by atoms with E-state index in [9.17, 15) is 16.8 Å². The number of hydrogen-bond acceptors (Lipinski definition) is 6. The van der Waals surface area contributed by atoms with Crippen LogP contribution in [-0.4, -0.2) is 65.3 Å². The van der Waals surface area contributed by atoms with Gasteiger partial charge in [-0.3, -0.25) is 0 Å². The van der Waals surface area contributed by atoms with Gasteiger partial charge in [0.15, 0.2) is 0 Å². The molecule has 0 saturated carbocycles. The first kappa shape index (κ1) is 25.5. The lowest BCUT2D eigenvalue weighted by molar-refractivity contribution is 0.212. The third kappa shape index (κ3) is 4.62. The fourth-order valence-electron chi connectivity index (χ4n) is 4.37. The van der Waals surface area contributed by atoms with Gasteiger partial charge < -0.3 is 9.47 Å². The van der Waals surface area contributed by atoms with Crippen molar-refractivity contribution in [2.75, 3.05) is 33.9 Å². The Labute approximate surface area is 197 Å². The molecule has 182 valence electrons. The van der Waals surface area contributed by atoms with E-state index in [-0.39, 0.29) is 29.4 Å². The minimum Gasteiger partial charge on any atom is -0.496 e. The van der Waals surface area contributed by atoms with Crippen LogP contribution in [0.5, 0.6) is 11.5 Å². The summed E-state index contributed by atoms with van der Waals surface area (Å²) >= 11 is 0. The van der Waals surface area contributed by atoms with Gasteiger partial charge in [-0.25, -0.2) is 16.8 Å². The quantitative estimate of drug-likeness (QED) is 0.610. The Kier molecular flexibility index (Phi) is 7.14. The molecule has 1 aliphatic heterocycles. The Morgan fingerprint density at radius 2 is 1.18 bits per heavy atom. The third-order valence-corrected chi connectivity index (χ3v) is 10.3. The zero-order valence-electron chi connectivity index (χ0n) is 20.2. The van der Waals surface area contributed by atoms with E-state index in [0.29, 0.717) is 22.6 Å². The average molecular weight is 497 g/mol. The minimum absolute atomic E-state index is 0.0548. The molecule has 1 fully saturated rings. The second-order valence-corrected chi connectivity index (χ2v) is 12.3. The van der Waals surface area contributed by atoms with E-state index >= 15 is 0 Å². The second-order valence-electron chi connectivity index (χ2n) is 8.50. The molecular weight excluding hydrogens is 464 g/mol. The van der Waals surface area contributed by atoms with Crippen LogP contribution < -0.4 is 9.47 Å². The highest BCUT2D eigenvalue weighted by Gasteiger charge is 2.39. The highest BCUT2D eigenvalue weighted by Crippen LogP contribution is 2.32. The number of rotatable bonds is 6. The normalized spacial score (nSPS) is 18.3. The molecule has 1 saturated heterocycles. The molecule has 10 heteroatoms. The number of hydrogen-bond donors (Lipinski definition) is 0. The van der Waals surface area contributed by atoms with E-state index in [4.69, 9.17) is 9.47 Å². The molecule has 0 unspecified atom stereocenters. The van der Waals surface area contributed by atoms with Crippen molar-refractivity contribution in [3.63, 3.8) is 0 Å². The van der Waals surface area contributed by atoms with Crippen LogP contribution >= 0.6 is 0 Å². The van der Waals surface area contributed by atoms with Crippen molar-refractivity contribution in [2.24, 2.45) is 0 Å². The summed E-state index contributed by atoms with van der Waals surface area (Å²) in [7, 11) is -4.65. The molecule has 2 aromatic carbocycles. The van der Waals surface area contributed by atoms with Gasteiger partial charge in [0.1, 0.15) is 11.5 Å². The predicted octanol–water partition coefficient (Wildman–Crippen LogP) is 3.02. The SMILES string of the molecule is COc1cc(S(=O)(=O)N2CCN(S(=O)(=O)c3cc(OC)c(C)cc3C)[C@H](C)C2)c(C)cc1C. The minimum atomic E-state index is -3.84. The maximum atomic E-state index is 13.5.